The number of urea groups is 1. The number of imidazole rings is 1. The van der Waals surface area contributed by atoms with Gasteiger partial charge in [0.25, 0.3) is 5.91 Å². The van der Waals surface area contributed by atoms with E-state index in [-0.39, 0.29) is 12.5 Å². The van der Waals surface area contributed by atoms with Crippen molar-refractivity contribution in [3.63, 3.8) is 0 Å². The Morgan fingerprint density at radius 1 is 1.31 bits per heavy atom. The number of amides is 4. The molecule has 0 atom stereocenters. The SMILES string of the molecule is CC1CCC2(CC1)NC(=O)N(CC(=O)Nc1cccc(Cn3ccnc3)c1)C2=O. The number of aromatic nitrogens is 2. The summed E-state index contributed by atoms with van der Waals surface area (Å²) in [4.78, 5) is 42.8. The van der Waals surface area contributed by atoms with E-state index in [1.165, 1.54) is 0 Å². The third-order valence-electron chi connectivity index (χ3n) is 5.81. The zero-order valence-corrected chi connectivity index (χ0v) is 16.4. The molecular formula is C21H25N5O3. The maximum atomic E-state index is 12.9. The molecule has 1 aromatic carbocycles. The second-order valence-corrected chi connectivity index (χ2v) is 8.07. The summed E-state index contributed by atoms with van der Waals surface area (Å²) in [6.45, 7) is 2.51. The van der Waals surface area contributed by atoms with Crippen LogP contribution in [-0.4, -0.2) is 44.4 Å². The van der Waals surface area contributed by atoms with E-state index in [1.54, 1.807) is 18.6 Å². The summed E-state index contributed by atoms with van der Waals surface area (Å²) in [5.41, 5.74) is 0.807. The van der Waals surface area contributed by atoms with Gasteiger partial charge in [-0.2, -0.15) is 0 Å². The number of carbonyl (C=O) groups is 3. The molecule has 29 heavy (non-hydrogen) atoms. The van der Waals surface area contributed by atoms with E-state index in [4.69, 9.17) is 0 Å². The first-order chi connectivity index (χ1) is 13.9. The summed E-state index contributed by atoms with van der Waals surface area (Å²) in [5.74, 6) is -0.120. The number of nitrogens with zero attached hydrogens (tertiary/aromatic N) is 3. The van der Waals surface area contributed by atoms with Crippen molar-refractivity contribution in [3.05, 3.63) is 48.5 Å². The Labute approximate surface area is 169 Å². The van der Waals surface area contributed by atoms with E-state index in [0.717, 1.165) is 23.3 Å². The van der Waals surface area contributed by atoms with Crippen molar-refractivity contribution in [1.29, 1.82) is 0 Å². The Balaban J connectivity index is 1.38. The molecule has 152 valence electrons. The van der Waals surface area contributed by atoms with Gasteiger partial charge in [-0.25, -0.2) is 9.78 Å². The van der Waals surface area contributed by atoms with Crippen LogP contribution in [0.25, 0.3) is 0 Å². The van der Waals surface area contributed by atoms with Gasteiger partial charge in [-0.05, 0) is 49.3 Å². The fraction of sp³-hybridized carbons (Fsp3) is 0.429. The maximum Gasteiger partial charge on any atom is 0.325 e. The average Bonchev–Trinajstić information content (AvgIpc) is 3.27. The summed E-state index contributed by atoms with van der Waals surface area (Å²) in [5, 5.41) is 5.63. The monoisotopic (exact) mass is 395 g/mol. The minimum absolute atomic E-state index is 0.279. The lowest BCUT2D eigenvalue weighted by Crippen LogP contribution is -2.49. The number of benzene rings is 1. The van der Waals surface area contributed by atoms with Gasteiger partial charge in [-0.15, -0.1) is 0 Å². The van der Waals surface area contributed by atoms with Gasteiger partial charge >= 0.3 is 6.03 Å². The smallest absolute Gasteiger partial charge is 0.325 e. The van der Waals surface area contributed by atoms with Crippen molar-refractivity contribution in [1.82, 2.24) is 19.8 Å². The fourth-order valence-corrected chi connectivity index (χ4v) is 4.10. The zero-order chi connectivity index (χ0) is 20.4. The van der Waals surface area contributed by atoms with E-state index in [9.17, 15) is 14.4 Å². The molecule has 1 aliphatic heterocycles. The highest BCUT2D eigenvalue weighted by Crippen LogP contribution is 2.36. The number of rotatable bonds is 5. The van der Waals surface area contributed by atoms with Crippen molar-refractivity contribution in [2.24, 2.45) is 5.92 Å². The molecule has 8 heteroatoms. The van der Waals surface area contributed by atoms with E-state index < -0.39 is 17.5 Å². The molecule has 2 aliphatic rings. The first-order valence-corrected chi connectivity index (χ1v) is 9.94. The van der Waals surface area contributed by atoms with Gasteiger partial charge in [0.05, 0.1) is 6.33 Å². The van der Waals surface area contributed by atoms with E-state index in [0.29, 0.717) is 31.0 Å². The van der Waals surface area contributed by atoms with Gasteiger partial charge in [0.2, 0.25) is 5.91 Å². The van der Waals surface area contributed by atoms with Gasteiger partial charge in [-0.1, -0.05) is 19.1 Å². The van der Waals surface area contributed by atoms with Crippen molar-refractivity contribution < 1.29 is 14.4 Å². The lowest BCUT2D eigenvalue weighted by molar-refractivity contribution is -0.135. The highest BCUT2D eigenvalue weighted by Gasteiger charge is 2.52. The third-order valence-corrected chi connectivity index (χ3v) is 5.81. The Kier molecular flexibility index (Phi) is 5.08. The minimum atomic E-state index is -0.825. The number of hydrogen-bond donors (Lipinski definition) is 2. The Hall–Kier alpha value is -3.16. The molecule has 2 N–H and O–H groups in total. The number of anilines is 1. The molecular weight excluding hydrogens is 370 g/mol. The molecule has 1 saturated carbocycles. The lowest BCUT2D eigenvalue weighted by atomic mass is 9.77. The zero-order valence-electron chi connectivity index (χ0n) is 16.4. The van der Waals surface area contributed by atoms with Crippen LogP contribution in [0.2, 0.25) is 0 Å². The maximum absolute atomic E-state index is 12.9. The van der Waals surface area contributed by atoms with Gasteiger partial charge < -0.3 is 15.2 Å². The predicted molar refractivity (Wildman–Crippen MR) is 107 cm³/mol. The number of carbonyl (C=O) groups excluding carboxylic acids is 3. The van der Waals surface area contributed by atoms with Crippen molar-refractivity contribution in [2.45, 2.75) is 44.7 Å². The molecule has 0 bridgehead atoms. The average molecular weight is 395 g/mol. The molecule has 1 aliphatic carbocycles. The minimum Gasteiger partial charge on any atom is -0.333 e. The number of hydrogen-bond acceptors (Lipinski definition) is 4. The van der Waals surface area contributed by atoms with Crippen molar-refractivity contribution >= 4 is 23.5 Å². The van der Waals surface area contributed by atoms with Crippen LogP contribution in [-0.2, 0) is 16.1 Å². The topological polar surface area (TPSA) is 96.3 Å². The predicted octanol–water partition coefficient (Wildman–Crippen LogP) is 2.37. The van der Waals surface area contributed by atoms with Crippen LogP contribution in [0.1, 0.15) is 38.2 Å². The molecule has 0 radical (unpaired) electrons. The molecule has 1 aromatic heterocycles. The fourth-order valence-electron chi connectivity index (χ4n) is 4.10. The van der Waals surface area contributed by atoms with E-state index >= 15 is 0 Å². The molecule has 2 fully saturated rings. The van der Waals surface area contributed by atoms with Gasteiger partial charge in [0.15, 0.2) is 0 Å². The van der Waals surface area contributed by atoms with Crippen molar-refractivity contribution in [3.8, 4) is 0 Å². The molecule has 2 aromatic rings. The van der Waals surface area contributed by atoms with E-state index in [2.05, 4.69) is 22.5 Å². The number of nitrogens with one attached hydrogen (secondary N) is 2. The van der Waals surface area contributed by atoms with Gasteiger partial charge in [0.1, 0.15) is 12.1 Å². The van der Waals surface area contributed by atoms with Crippen LogP contribution in [0.3, 0.4) is 0 Å². The largest absolute Gasteiger partial charge is 0.333 e. The molecule has 1 saturated heterocycles. The number of imide groups is 1. The summed E-state index contributed by atoms with van der Waals surface area (Å²) in [6, 6.07) is 6.99. The standard InChI is InChI=1S/C21H25N5O3/c1-15-5-7-21(8-6-15)19(28)26(20(29)24-21)13-18(27)23-17-4-2-3-16(11-17)12-25-10-9-22-14-25/h2-4,9-11,14-15H,5-8,12-13H2,1H3,(H,23,27)(H,24,29). The highest BCUT2D eigenvalue weighted by atomic mass is 16.2. The van der Waals surface area contributed by atoms with Gasteiger partial charge in [0, 0.05) is 24.6 Å². The molecule has 8 nitrogen and oxygen atoms in total. The summed E-state index contributed by atoms with van der Waals surface area (Å²) in [7, 11) is 0. The summed E-state index contributed by atoms with van der Waals surface area (Å²) < 4.78 is 1.93. The van der Waals surface area contributed by atoms with Crippen LogP contribution in [0.5, 0.6) is 0 Å². The first-order valence-electron chi connectivity index (χ1n) is 9.94. The molecule has 4 rings (SSSR count). The van der Waals surface area contributed by atoms with Crippen LogP contribution in [0, 0.1) is 5.92 Å². The normalized spacial score (nSPS) is 24.0. The first kappa shape index (κ1) is 19.2. The van der Waals surface area contributed by atoms with Crippen LogP contribution in [0.15, 0.2) is 43.0 Å². The second kappa shape index (κ2) is 7.69. The molecule has 1 spiro atoms. The van der Waals surface area contributed by atoms with Crippen molar-refractivity contribution in [2.75, 3.05) is 11.9 Å². The lowest BCUT2D eigenvalue weighted by Gasteiger charge is -2.33. The molecule has 2 heterocycles. The van der Waals surface area contributed by atoms with Crippen LogP contribution >= 0.6 is 0 Å². The highest BCUT2D eigenvalue weighted by molar-refractivity contribution is 6.10. The van der Waals surface area contributed by atoms with Crippen LogP contribution in [0.4, 0.5) is 10.5 Å². The van der Waals surface area contributed by atoms with E-state index in [1.807, 2.05) is 29.0 Å². The second-order valence-electron chi connectivity index (χ2n) is 8.07. The van der Waals surface area contributed by atoms with Crippen LogP contribution < -0.4 is 10.6 Å². The van der Waals surface area contributed by atoms with Gasteiger partial charge in [-0.3, -0.25) is 14.5 Å². The summed E-state index contributed by atoms with van der Waals surface area (Å²) >= 11 is 0. The Morgan fingerprint density at radius 2 is 2.10 bits per heavy atom. The molecule has 4 amide bonds. The quantitative estimate of drug-likeness (QED) is 0.760. The summed E-state index contributed by atoms with van der Waals surface area (Å²) in [6.07, 6.45) is 8.37. The Morgan fingerprint density at radius 3 is 2.83 bits per heavy atom. The third kappa shape index (κ3) is 4.01. The Bertz CT molecular complexity index is 916. The molecule has 0 unspecified atom stereocenters.